The van der Waals surface area contributed by atoms with Crippen LogP contribution in [0.25, 0.3) is 0 Å². The minimum atomic E-state index is 0.188. The highest BCUT2D eigenvalue weighted by atomic mass is 32.2. The molecule has 2 nitrogen and oxygen atoms in total. The number of hydrogen-bond donors (Lipinski definition) is 1. The number of carbonyl (C=O) groups excluding carboxylic acids is 1. The van der Waals surface area contributed by atoms with Gasteiger partial charge in [0.25, 0.3) is 0 Å². The molecule has 1 amide bonds. The fourth-order valence-electron chi connectivity index (χ4n) is 2.88. The van der Waals surface area contributed by atoms with Crippen molar-refractivity contribution in [1.29, 1.82) is 0 Å². The predicted octanol–water partition coefficient (Wildman–Crippen LogP) is 4.60. The van der Waals surface area contributed by atoms with Crippen molar-refractivity contribution in [1.82, 2.24) is 5.32 Å². The van der Waals surface area contributed by atoms with Gasteiger partial charge < -0.3 is 5.32 Å². The van der Waals surface area contributed by atoms with E-state index >= 15 is 0 Å². The maximum Gasteiger partial charge on any atom is 0.224 e. The van der Waals surface area contributed by atoms with Crippen molar-refractivity contribution < 1.29 is 4.79 Å². The first kappa shape index (κ1) is 16.4. The van der Waals surface area contributed by atoms with Gasteiger partial charge in [-0.1, -0.05) is 49.1 Å². The SMILES string of the molecule is O=C(C/C1=C/SC/C=C\C/C=C\C1)NCC1CCCCC1. The summed E-state index contributed by atoms with van der Waals surface area (Å²) in [4.78, 5) is 12.1. The normalized spacial score (nSPS) is 26.4. The quantitative estimate of drug-likeness (QED) is 0.769. The molecule has 0 bridgehead atoms. The molecular weight excluding hydrogens is 278 g/mol. The van der Waals surface area contributed by atoms with Gasteiger partial charge in [0, 0.05) is 18.7 Å². The fourth-order valence-corrected chi connectivity index (χ4v) is 3.63. The lowest BCUT2D eigenvalue weighted by atomic mass is 9.89. The van der Waals surface area contributed by atoms with E-state index in [2.05, 4.69) is 35.0 Å². The Morgan fingerprint density at radius 2 is 1.95 bits per heavy atom. The van der Waals surface area contributed by atoms with Crippen LogP contribution < -0.4 is 5.32 Å². The molecule has 0 saturated heterocycles. The zero-order valence-electron chi connectivity index (χ0n) is 12.9. The van der Waals surface area contributed by atoms with Crippen LogP contribution in [-0.4, -0.2) is 18.2 Å². The molecule has 0 radical (unpaired) electrons. The summed E-state index contributed by atoms with van der Waals surface area (Å²) in [6.07, 6.45) is 17.8. The second-order valence-corrected chi connectivity index (χ2v) is 6.88. The Morgan fingerprint density at radius 1 is 1.14 bits per heavy atom. The molecule has 1 aliphatic heterocycles. The van der Waals surface area contributed by atoms with Gasteiger partial charge >= 0.3 is 0 Å². The van der Waals surface area contributed by atoms with E-state index < -0.39 is 0 Å². The summed E-state index contributed by atoms with van der Waals surface area (Å²) >= 11 is 1.79. The zero-order valence-corrected chi connectivity index (χ0v) is 13.7. The van der Waals surface area contributed by atoms with Gasteiger partial charge in [0.1, 0.15) is 0 Å². The van der Waals surface area contributed by atoms with E-state index in [-0.39, 0.29) is 5.91 Å². The molecule has 1 fully saturated rings. The van der Waals surface area contributed by atoms with Crippen LogP contribution in [0, 0.1) is 5.92 Å². The average Bonchev–Trinajstić information content (AvgIpc) is 2.52. The van der Waals surface area contributed by atoms with Crippen molar-refractivity contribution in [3.05, 3.63) is 35.3 Å². The van der Waals surface area contributed by atoms with Gasteiger partial charge in [0.05, 0.1) is 0 Å². The number of hydrogen-bond acceptors (Lipinski definition) is 2. The molecule has 0 aromatic heterocycles. The Balaban J connectivity index is 1.74. The standard InChI is InChI=1S/C18H27NOS/c20-18(19-14-16-9-6-4-7-10-16)13-17-11-5-2-1-3-8-12-21-15-17/h2-3,5,8,15-16H,1,4,6-7,9-14H2,(H,19,20)/b5-2-,8-3-,17-15+. The van der Waals surface area contributed by atoms with Crippen LogP contribution in [0.2, 0.25) is 0 Å². The van der Waals surface area contributed by atoms with Crippen LogP contribution in [0.1, 0.15) is 51.4 Å². The number of thioether (sulfide) groups is 1. The second-order valence-electron chi connectivity index (χ2n) is 5.98. The van der Waals surface area contributed by atoms with Crippen molar-refractivity contribution in [3.63, 3.8) is 0 Å². The molecule has 116 valence electrons. The Morgan fingerprint density at radius 3 is 2.81 bits per heavy atom. The van der Waals surface area contributed by atoms with Crippen LogP contribution in [0.5, 0.6) is 0 Å². The lowest BCUT2D eigenvalue weighted by Crippen LogP contribution is -2.30. The molecule has 21 heavy (non-hydrogen) atoms. The predicted molar refractivity (Wildman–Crippen MR) is 92.3 cm³/mol. The molecule has 1 N–H and O–H groups in total. The van der Waals surface area contributed by atoms with E-state index in [4.69, 9.17) is 0 Å². The average molecular weight is 305 g/mol. The number of allylic oxidation sites excluding steroid dienone is 3. The Kier molecular flexibility index (Phi) is 7.72. The fraction of sp³-hybridized carbons (Fsp3) is 0.611. The molecule has 0 aromatic rings. The Bertz CT molecular complexity index is 405. The highest BCUT2D eigenvalue weighted by Crippen LogP contribution is 2.23. The number of rotatable bonds is 4. The number of carbonyl (C=O) groups is 1. The first-order chi connectivity index (χ1) is 10.3. The Labute approximate surface area is 133 Å². The maximum absolute atomic E-state index is 12.1. The summed E-state index contributed by atoms with van der Waals surface area (Å²) in [7, 11) is 0. The van der Waals surface area contributed by atoms with Gasteiger partial charge in [-0.15, -0.1) is 11.8 Å². The van der Waals surface area contributed by atoms with Crippen LogP contribution in [0.4, 0.5) is 0 Å². The summed E-state index contributed by atoms with van der Waals surface area (Å²) in [5, 5.41) is 5.30. The van der Waals surface area contributed by atoms with Crippen LogP contribution in [0.15, 0.2) is 35.3 Å². The second kappa shape index (κ2) is 9.88. The molecule has 1 heterocycles. The molecule has 1 aliphatic carbocycles. The molecule has 0 spiro atoms. The third-order valence-electron chi connectivity index (χ3n) is 4.13. The smallest absolute Gasteiger partial charge is 0.224 e. The topological polar surface area (TPSA) is 29.1 Å². The molecule has 0 unspecified atom stereocenters. The van der Waals surface area contributed by atoms with E-state index in [1.165, 1.54) is 37.7 Å². The first-order valence-electron chi connectivity index (χ1n) is 8.21. The monoisotopic (exact) mass is 305 g/mol. The molecule has 2 rings (SSSR count). The lowest BCUT2D eigenvalue weighted by molar-refractivity contribution is -0.120. The van der Waals surface area contributed by atoms with Gasteiger partial charge in [0.2, 0.25) is 5.91 Å². The largest absolute Gasteiger partial charge is 0.356 e. The van der Waals surface area contributed by atoms with Crippen LogP contribution in [0.3, 0.4) is 0 Å². The molecule has 2 aliphatic rings. The van der Waals surface area contributed by atoms with Gasteiger partial charge in [-0.2, -0.15) is 0 Å². The summed E-state index contributed by atoms with van der Waals surface area (Å²) < 4.78 is 0. The van der Waals surface area contributed by atoms with Crippen molar-refractivity contribution >= 4 is 17.7 Å². The highest BCUT2D eigenvalue weighted by molar-refractivity contribution is 8.02. The summed E-state index contributed by atoms with van der Waals surface area (Å²) in [6.45, 7) is 0.873. The number of amides is 1. The van der Waals surface area contributed by atoms with E-state index in [0.717, 1.165) is 25.1 Å². The molecular formula is C18H27NOS. The van der Waals surface area contributed by atoms with Gasteiger partial charge in [0.15, 0.2) is 0 Å². The van der Waals surface area contributed by atoms with Gasteiger partial charge in [-0.05, 0) is 37.0 Å². The summed E-state index contributed by atoms with van der Waals surface area (Å²) in [6, 6.07) is 0. The van der Waals surface area contributed by atoms with Crippen molar-refractivity contribution in [3.8, 4) is 0 Å². The Hall–Kier alpha value is -0.960. The molecule has 0 aromatic carbocycles. The minimum Gasteiger partial charge on any atom is -0.356 e. The summed E-state index contributed by atoms with van der Waals surface area (Å²) in [5.41, 5.74) is 1.23. The maximum atomic E-state index is 12.1. The summed E-state index contributed by atoms with van der Waals surface area (Å²) in [5.74, 6) is 1.90. The van der Waals surface area contributed by atoms with Crippen LogP contribution in [-0.2, 0) is 4.79 Å². The van der Waals surface area contributed by atoms with Gasteiger partial charge in [-0.3, -0.25) is 4.79 Å². The zero-order chi connectivity index (χ0) is 14.8. The lowest BCUT2D eigenvalue weighted by Gasteiger charge is -2.21. The van der Waals surface area contributed by atoms with E-state index in [1.807, 2.05) is 0 Å². The third-order valence-corrected chi connectivity index (χ3v) is 5.01. The van der Waals surface area contributed by atoms with Gasteiger partial charge in [-0.25, -0.2) is 0 Å². The van der Waals surface area contributed by atoms with E-state index in [1.54, 1.807) is 11.8 Å². The minimum absolute atomic E-state index is 0.188. The van der Waals surface area contributed by atoms with E-state index in [0.29, 0.717) is 12.3 Å². The molecule has 1 saturated carbocycles. The molecule has 3 heteroatoms. The third kappa shape index (κ3) is 7.03. The number of nitrogens with one attached hydrogen (secondary N) is 1. The van der Waals surface area contributed by atoms with Crippen molar-refractivity contribution in [2.75, 3.05) is 12.3 Å². The van der Waals surface area contributed by atoms with E-state index in [9.17, 15) is 4.79 Å². The van der Waals surface area contributed by atoms with Crippen molar-refractivity contribution in [2.24, 2.45) is 5.92 Å². The first-order valence-corrected chi connectivity index (χ1v) is 9.25. The molecule has 0 atom stereocenters. The van der Waals surface area contributed by atoms with Crippen LogP contribution >= 0.6 is 11.8 Å². The highest BCUT2D eigenvalue weighted by Gasteiger charge is 2.14. The van der Waals surface area contributed by atoms with Crippen molar-refractivity contribution in [2.45, 2.75) is 51.4 Å².